The number of likely N-dealkylation sites (tertiary alicyclic amines) is 1. The normalized spacial score (nSPS) is 38.6. The van der Waals surface area contributed by atoms with Gasteiger partial charge >= 0.3 is 12.1 Å². The number of carboxylic acids is 1. The van der Waals surface area contributed by atoms with Crippen LogP contribution in [0.4, 0.5) is 4.79 Å². The third-order valence-corrected chi connectivity index (χ3v) is 7.42. The van der Waals surface area contributed by atoms with E-state index in [1.54, 1.807) is 7.11 Å². The van der Waals surface area contributed by atoms with Gasteiger partial charge in [-0.25, -0.2) is 4.79 Å². The number of hydrogen-bond acceptors (Lipinski definition) is 7. The van der Waals surface area contributed by atoms with Crippen molar-refractivity contribution in [1.82, 2.24) is 10.2 Å². The Labute approximate surface area is 189 Å². The largest absolute Gasteiger partial charge is 0.481 e. The van der Waals surface area contributed by atoms with Gasteiger partial charge in [-0.2, -0.15) is 0 Å². The lowest BCUT2D eigenvalue weighted by molar-refractivity contribution is -0.137. The van der Waals surface area contributed by atoms with Crippen LogP contribution in [0.15, 0.2) is 11.6 Å². The van der Waals surface area contributed by atoms with Crippen LogP contribution in [0.5, 0.6) is 0 Å². The number of rotatable bonds is 9. The maximum absolute atomic E-state index is 12.6. The van der Waals surface area contributed by atoms with Gasteiger partial charge in [0.25, 0.3) is 0 Å². The zero-order chi connectivity index (χ0) is 23.1. The number of hydrogen-bond donors (Lipinski definition) is 2. The van der Waals surface area contributed by atoms with E-state index in [0.717, 1.165) is 12.8 Å². The number of epoxide rings is 2. The van der Waals surface area contributed by atoms with Crippen LogP contribution in [0, 0.1) is 5.92 Å². The molecule has 3 aliphatic heterocycles. The Hall–Kier alpha value is -1.68. The van der Waals surface area contributed by atoms with E-state index in [4.69, 9.17) is 24.1 Å². The van der Waals surface area contributed by atoms with Crippen LogP contribution in [0.3, 0.4) is 0 Å². The number of nitrogens with one attached hydrogen (secondary N) is 1. The monoisotopic (exact) mass is 452 g/mol. The van der Waals surface area contributed by atoms with Gasteiger partial charge in [0.15, 0.2) is 0 Å². The molecule has 3 heterocycles. The van der Waals surface area contributed by atoms with Crippen molar-refractivity contribution in [2.45, 2.75) is 82.0 Å². The number of allylic oxidation sites excluding steroid dienone is 1. The van der Waals surface area contributed by atoms with Crippen LogP contribution in [-0.2, 0) is 23.7 Å². The molecule has 4 rings (SSSR count). The average molecular weight is 453 g/mol. The average Bonchev–Trinajstić information content (AvgIpc) is 3.60. The number of carboxylic acid groups (broad SMARTS) is 1. The third-order valence-electron chi connectivity index (χ3n) is 7.42. The molecule has 9 heteroatoms. The Morgan fingerprint density at radius 1 is 1.31 bits per heavy atom. The highest BCUT2D eigenvalue weighted by atomic mass is 16.6. The molecular weight excluding hydrogens is 416 g/mol. The molecule has 3 saturated heterocycles. The van der Waals surface area contributed by atoms with E-state index in [9.17, 15) is 9.59 Å². The molecule has 1 aliphatic carbocycles. The van der Waals surface area contributed by atoms with Gasteiger partial charge in [-0.3, -0.25) is 9.69 Å². The molecule has 1 unspecified atom stereocenters. The molecule has 6 atom stereocenters. The summed E-state index contributed by atoms with van der Waals surface area (Å²) in [6.07, 6.45) is 3.66. The van der Waals surface area contributed by atoms with Gasteiger partial charge in [0.05, 0.1) is 31.1 Å². The predicted octanol–water partition coefficient (Wildman–Crippen LogP) is 1.95. The Bertz CT molecular complexity index is 757. The summed E-state index contributed by atoms with van der Waals surface area (Å²) in [4.78, 5) is 25.2. The van der Waals surface area contributed by atoms with Gasteiger partial charge in [0, 0.05) is 26.7 Å². The van der Waals surface area contributed by atoms with E-state index in [1.807, 2.05) is 4.90 Å². The topological polar surface area (TPSA) is 113 Å². The first-order valence-corrected chi connectivity index (χ1v) is 11.6. The van der Waals surface area contributed by atoms with Crippen LogP contribution in [0.25, 0.3) is 0 Å². The minimum atomic E-state index is -0.813. The van der Waals surface area contributed by atoms with Crippen molar-refractivity contribution in [1.29, 1.82) is 0 Å². The molecule has 180 valence electrons. The summed E-state index contributed by atoms with van der Waals surface area (Å²) in [6.45, 7) is 8.75. The van der Waals surface area contributed by atoms with E-state index in [-0.39, 0.29) is 47.9 Å². The Kier molecular flexibility index (Phi) is 6.55. The fourth-order valence-corrected chi connectivity index (χ4v) is 5.51. The zero-order valence-electron chi connectivity index (χ0n) is 19.5. The first-order chi connectivity index (χ1) is 15.2. The molecule has 0 radical (unpaired) electrons. The molecule has 0 aromatic carbocycles. The fourth-order valence-electron chi connectivity index (χ4n) is 5.51. The van der Waals surface area contributed by atoms with Crippen LogP contribution >= 0.6 is 0 Å². The van der Waals surface area contributed by atoms with Gasteiger partial charge in [-0.05, 0) is 40.0 Å². The highest BCUT2D eigenvalue weighted by molar-refractivity contribution is 5.68. The van der Waals surface area contributed by atoms with Crippen molar-refractivity contribution in [2.24, 2.45) is 5.92 Å². The second-order valence-electron chi connectivity index (χ2n) is 10.1. The molecule has 1 amide bonds. The number of aliphatic carboxylic acids is 1. The summed E-state index contributed by atoms with van der Waals surface area (Å²) in [5, 5.41) is 11.7. The van der Waals surface area contributed by atoms with Crippen molar-refractivity contribution < 1.29 is 33.6 Å². The number of ether oxygens (including phenoxy) is 4. The third kappa shape index (κ3) is 4.81. The van der Waals surface area contributed by atoms with Crippen molar-refractivity contribution >= 4 is 12.1 Å². The molecule has 4 aliphatic rings. The Morgan fingerprint density at radius 3 is 2.62 bits per heavy atom. The SMILES string of the molecule is CO[C@@H]1[C@H](OC(=O)NC2CN(CCC(=O)O)C2)CC[C@]2(CO2)[C@H]1[C@@]1(C)OC1CC=C(C)C. The first-order valence-electron chi connectivity index (χ1n) is 11.6. The maximum atomic E-state index is 12.6. The molecule has 2 N–H and O–H groups in total. The molecule has 0 aromatic rings. The molecule has 0 aromatic heterocycles. The number of amides is 1. The van der Waals surface area contributed by atoms with Gasteiger partial charge in [0.2, 0.25) is 0 Å². The summed E-state index contributed by atoms with van der Waals surface area (Å²) in [6, 6.07) is -0.0208. The van der Waals surface area contributed by atoms with Crippen LogP contribution in [0.1, 0.15) is 46.5 Å². The molecule has 1 saturated carbocycles. The number of nitrogens with zero attached hydrogens (tertiary/aromatic N) is 1. The van der Waals surface area contributed by atoms with Crippen molar-refractivity contribution in [2.75, 3.05) is 33.4 Å². The molecule has 0 bridgehead atoms. The smallest absolute Gasteiger partial charge is 0.407 e. The maximum Gasteiger partial charge on any atom is 0.407 e. The standard InChI is InChI=1S/C23H36N2O7/c1-14(2)5-6-17-22(3,32-17)20-19(29-4)16(7-9-23(20)13-30-23)31-21(28)24-15-11-25(12-15)10-8-18(26)27/h5,15-17,19-20H,6-13H2,1-4H3,(H,24,28)(H,26,27)/t16-,17?,19-,20-,22+,23+/m1/s1. The quantitative estimate of drug-likeness (QED) is 0.403. The predicted molar refractivity (Wildman–Crippen MR) is 115 cm³/mol. The minimum Gasteiger partial charge on any atom is -0.481 e. The summed E-state index contributed by atoms with van der Waals surface area (Å²) in [5.74, 6) is -0.815. The first kappa shape index (κ1) is 23.5. The van der Waals surface area contributed by atoms with Gasteiger partial charge in [0.1, 0.15) is 23.4 Å². The van der Waals surface area contributed by atoms with E-state index in [0.29, 0.717) is 32.7 Å². The fraction of sp³-hybridized carbons (Fsp3) is 0.826. The molecule has 4 fully saturated rings. The number of methoxy groups -OCH3 is 1. The van der Waals surface area contributed by atoms with Gasteiger partial charge < -0.3 is 29.4 Å². The van der Waals surface area contributed by atoms with E-state index in [1.165, 1.54) is 5.57 Å². The summed E-state index contributed by atoms with van der Waals surface area (Å²) < 4.78 is 23.9. The lowest BCUT2D eigenvalue weighted by atomic mass is 9.68. The summed E-state index contributed by atoms with van der Waals surface area (Å²) >= 11 is 0. The lowest BCUT2D eigenvalue weighted by Crippen LogP contribution is -2.61. The second kappa shape index (κ2) is 8.93. The molecular formula is C23H36N2O7. The Morgan fingerprint density at radius 2 is 2.03 bits per heavy atom. The highest BCUT2D eigenvalue weighted by Gasteiger charge is 2.72. The second-order valence-corrected chi connectivity index (χ2v) is 10.1. The van der Waals surface area contributed by atoms with Gasteiger partial charge in [-0.15, -0.1) is 0 Å². The molecule has 32 heavy (non-hydrogen) atoms. The van der Waals surface area contributed by atoms with E-state index >= 15 is 0 Å². The zero-order valence-corrected chi connectivity index (χ0v) is 19.5. The van der Waals surface area contributed by atoms with Crippen LogP contribution in [0.2, 0.25) is 0 Å². The van der Waals surface area contributed by atoms with Crippen molar-refractivity contribution in [3.05, 3.63) is 11.6 Å². The lowest BCUT2D eigenvalue weighted by Gasteiger charge is -2.43. The van der Waals surface area contributed by atoms with E-state index in [2.05, 4.69) is 32.2 Å². The molecule has 9 nitrogen and oxygen atoms in total. The van der Waals surface area contributed by atoms with Crippen LogP contribution < -0.4 is 5.32 Å². The van der Waals surface area contributed by atoms with Gasteiger partial charge in [-0.1, -0.05) is 11.6 Å². The highest BCUT2D eigenvalue weighted by Crippen LogP contribution is 2.59. The minimum absolute atomic E-state index is 0.00248. The summed E-state index contributed by atoms with van der Waals surface area (Å²) in [5.41, 5.74) is 0.659. The van der Waals surface area contributed by atoms with Crippen molar-refractivity contribution in [3.8, 4) is 0 Å². The number of carbonyl (C=O) groups excluding carboxylic acids is 1. The number of carbonyl (C=O) groups is 2. The molecule has 1 spiro atoms. The Balaban J connectivity index is 1.32. The van der Waals surface area contributed by atoms with E-state index < -0.39 is 12.1 Å². The summed E-state index contributed by atoms with van der Waals surface area (Å²) in [7, 11) is 1.66. The van der Waals surface area contributed by atoms with Crippen LogP contribution in [-0.4, -0.2) is 91.0 Å². The van der Waals surface area contributed by atoms with Crippen molar-refractivity contribution in [3.63, 3.8) is 0 Å². The number of alkyl carbamates (subject to hydrolysis) is 1.